The Labute approximate surface area is 167 Å². The molecule has 0 bridgehead atoms. The molecule has 1 N–H and O–H groups in total. The van der Waals surface area contributed by atoms with E-state index in [0.717, 1.165) is 23.3 Å². The van der Waals surface area contributed by atoms with Crippen LogP contribution in [0.25, 0.3) is 11.0 Å². The van der Waals surface area contributed by atoms with Gasteiger partial charge in [0.05, 0.1) is 17.1 Å². The lowest BCUT2D eigenvalue weighted by molar-refractivity contribution is -0.118. The third-order valence-corrected chi connectivity index (χ3v) is 5.31. The van der Waals surface area contributed by atoms with Crippen molar-refractivity contribution in [1.29, 1.82) is 0 Å². The molecule has 0 aliphatic rings. The number of amides is 1. The zero-order chi connectivity index (χ0) is 20.3. The molecule has 3 aromatic rings. The lowest BCUT2D eigenvalue weighted by Crippen LogP contribution is -2.29. The third-order valence-electron chi connectivity index (χ3n) is 5.31. The minimum absolute atomic E-state index is 0.149. The molecular formula is C24H29N3O. The van der Waals surface area contributed by atoms with Gasteiger partial charge in [-0.2, -0.15) is 0 Å². The number of carbonyl (C=O) groups is 1. The van der Waals surface area contributed by atoms with E-state index in [9.17, 15) is 4.79 Å². The van der Waals surface area contributed by atoms with E-state index in [1.165, 1.54) is 11.1 Å². The molecule has 2 unspecified atom stereocenters. The van der Waals surface area contributed by atoms with Gasteiger partial charge in [0.2, 0.25) is 5.91 Å². The van der Waals surface area contributed by atoms with Crippen LogP contribution < -0.4 is 5.32 Å². The largest absolute Gasteiger partial charge is 0.343 e. The van der Waals surface area contributed by atoms with Crippen LogP contribution in [0.4, 0.5) is 0 Å². The Kier molecular flexibility index (Phi) is 5.98. The molecule has 0 spiro atoms. The predicted molar refractivity (Wildman–Crippen MR) is 115 cm³/mol. The molecule has 1 amide bonds. The van der Waals surface area contributed by atoms with Crippen molar-refractivity contribution in [2.24, 2.45) is 0 Å². The Morgan fingerprint density at radius 2 is 1.82 bits per heavy atom. The van der Waals surface area contributed by atoms with Gasteiger partial charge in [-0.3, -0.25) is 4.79 Å². The van der Waals surface area contributed by atoms with Crippen molar-refractivity contribution in [3.63, 3.8) is 0 Å². The lowest BCUT2D eigenvalue weighted by Gasteiger charge is -2.17. The zero-order valence-corrected chi connectivity index (χ0v) is 17.2. The van der Waals surface area contributed by atoms with Crippen LogP contribution >= 0.6 is 0 Å². The number of fused-ring (bicyclic) bond motifs is 1. The summed E-state index contributed by atoms with van der Waals surface area (Å²) in [5.41, 5.74) is 5.08. The van der Waals surface area contributed by atoms with Crippen molar-refractivity contribution in [1.82, 2.24) is 14.9 Å². The van der Waals surface area contributed by atoms with Gasteiger partial charge in [0.15, 0.2) is 0 Å². The van der Waals surface area contributed by atoms with Gasteiger partial charge in [-0.05, 0) is 49.4 Å². The molecule has 0 fully saturated rings. The number of para-hydroxylation sites is 2. The van der Waals surface area contributed by atoms with Gasteiger partial charge in [0, 0.05) is 12.1 Å². The molecule has 146 valence electrons. The van der Waals surface area contributed by atoms with Crippen molar-refractivity contribution in [2.75, 3.05) is 0 Å². The number of aromatic nitrogens is 2. The van der Waals surface area contributed by atoms with Crippen molar-refractivity contribution >= 4 is 16.9 Å². The Morgan fingerprint density at radius 1 is 1.14 bits per heavy atom. The number of rotatable bonds is 7. The Bertz CT molecular complexity index is 985. The lowest BCUT2D eigenvalue weighted by atomic mass is 9.97. The highest BCUT2D eigenvalue weighted by molar-refractivity contribution is 5.92. The monoisotopic (exact) mass is 375 g/mol. The van der Waals surface area contributed by atoms with E-state index in [-0.39, 0.29) is 11.9 Å². The summed E-state index contributed by atoms with van der Waals surface area (Å²) in [6.45, 7) is 12.6. The highest BCUT2D eigenvalue weighted by Gasteiger charge is 2.19. The zero-order valence-electron chi connectivity index (χ0n) is 17.2. The highest BCUT2D eigenvalue weighted by atomic mass is 16.1. The van der Waals surface area contributed by atoms with Crippen LogP contribution in [0.5, 0.6) is 0 Å². The average molecular weight is 376 g/mol. The first-order valence-corrected chi connectivity index (χ1v) is 9.91. The summed E-state index contributed by atoms with van der Waals surface area (Å²) < 4.78 is 2.19. The molecule has 0 radical (unpaired) electrons. The topological polar surface area (TPSA) is 46.9 Å². The fraction of sp³-hybridized carbons (Fsp3) is 0.333. The Hall–Kier alpha value is -2.88. The van der Waals surface area contributed by atoms with Gasteiger partial charge in [-0.25, -0.2) is 4.98 Å². The van der Waals surface area contributed by atoms with Gasteiger partial charge >= 0.3 is 0 Å². The number of benzene rings is 2. The predicted octanol–water partition coefficient (Wildman–Crippen LogP) is 5.35. The van der Waals surface area contributed by atoms with Crippen molar-refractivity contribution in [3.05, 3.63) is 77.6 Å². The van der Waals surface area contributed by atoms with Crippen LogP contribution in [-0.2, 0) is 11.3 Å². The second kappa shape index (κ2) is 8.42. The fourth-order valence-corrected chi connectivity index (χ4v) is 3.35. The molecule has 3 rings (SSSR count). The standard InChI is InChI=1S/C24H29N3O/c1-6-17(4)20-13-11-19(12-14-20)15-27-22-10-8-7-9-21(22)26-23(27)18(5)25-24(28)16(2)3/h7-14,17-18H,2,6,15H2,1,3-5H3,(H,25,28). The molecule has 2 aromatic carbocycles. The molecule has 0 saturated carbocycles. The van der Waals surface area contributed by atoms with E-state index < -0.39 is 0 Å². The summed E-state index contributed by atoms with van der Waals surface area (Å²) in [5.74, 6) is 1.27. The van der Waals surface area contributed by atoms with E-state index in [1.807, 2.05) is 25.1 Å². The fourth-order valence-electron chi connectivity index (χ4n) is 3.35. The first-order valence-electron chi connectivity index (χ1n) is 9.91. The SMILES string of the molecule is C=C(C)C(=O)NC(C)c1nc2ccccc2n1Cc1ccc(C(C)CC)cc1. The summed E-state index contributed by atoms with van der Waals surface area (Å²) in [4.78, 5) is 16.9. The van der Waals surface area contributed by atoms with E-state index in [2.05, 4.69) is 60.6 Å². The molecule has 4 heteroatoms. The molecule has 0 aliphatic heterocycles. The molecule has 0 saturated heterocycles. The van der Waals surface area contributed by atoms with Crippen molar-refractivity contribution < 1.29 is 4.79 Å². The number of nitrogens with zero attached hydrogens (tertiary/aromatic N) is 2. The van der Waals surface area contributed by atoms with Crippen LogP contribution in [0.2, 0.25) is 0 Å². The summed E-state index contributed by atoms with van der Waals surface area (Å²) in [6, 6.07) is 16.7. The minimum Gasteiger partial charge on any atom is -0.343 e. The number of hydrogen-bond acceptors (Lipinski definition) is 2. The van der Waals surface area contributed by atoms with Crippen LogP contribution in [0, 0.1) is 0 Å². The van der Waals surface area contributed by atoms with Gasteiger partial charge in [0.25, 0.3) is 0 Å². The molecule has 0 aliphatic carbocycles. The van der Waals surface area contributed by atoms with Gasteiger partial charge < -0.3 is 9.88 Å². The minimum atomic E-state index is -0.212. The first kappa shape index (κ1) is 19.9. The van der Waals surface area contributed by atoms with E-state index in [0.29, 0.717) is 18.0 Å². The smallest absolute Gasteiger partial charge is 0.246 e. The maximum Gasteiger partial charge on any atom is 0.246 e. The highest BCUT2D eigenvalue weighted by Crippen LogP contribution is 2.24. The normalized spacial score (nSPS) is 13.3. The van der Waals surface area contributed by atoms with Crippen molar-refractivity contribution in [2.45, 2.75) is 52.6 Å². The van der Waals surface area contributed by atoms with Crippen LogP contribution in [-0.4, -0.2) is 15.5 Å². The molecule has 1 aromatic heterocycles. The second-order valence-electron chi connectivity index (χ2n) is 7.57. The number of hydrogen-bond donors (Lipinski definition) is 1. The number of carbonyl (C=O) groups excluding carboxylic acids is 1. The molecule has 1 heterocycles. The molecular weight excluding hydrogens is 346 g/mol. The first-order chi connectivity index (χ1) is 13.4. The van der Waals surface area contributed by atoms with Crippen molar-refractivity contribution in [3.8, 4) is 0 Å². The molecule has 28 heavy (non-hydrogen) atoms. The summed E-state index contributed by atoms with van der Waals surface area (Å²) in [6.07, 6.45) is 1.13. The van der Waals surface area contributed by atoms with Crippen LogP contribution in [0.3, 0.4) is 0 Å². The maximum absolute atomic E-state index is 12.1. The van der Waals surface area contributed by atoms with Gasteiger partial charge in [0.1, 0.15) is 5.82 Å². The van der Waals surface area contributed by atoms with E-state index in [4.69, 9.17) is 4.98 Å². The maximum atomic E-state index is 12.1. The Balaban J connectivity index is 1.95. The van der Waals surface area contributed by atoms with E-state index >= 15 is 0 Å². The third kappa shape index (κ3) is 4.16. The summed E-state index contributed by atoms with van der Waals surface area (Å²) in [5, 5.41) is 2.99. The van der Waals surface area contributed by atoms with E-state index in [1.54, 1.807) is 6.92 Å². The average Bonchev–Trinajstić information content (AvgIpc) is 3.06. The summed E-state index contributed by atoms with van der Waals surface area (Å²) >= 11 is 0. The van der Waals surface area contributed by atoms with Crippen LogP contribution in [0.15, 0.2) is 60.7 Å². The van der Waals surface area contributed by atoms with Crippen LogP contribution in [0.1, 0.15) is 63.0 Å². The quantitative estimate of drug-likeness (QED) is 0.566. The number of imidazole rings is 1. The summed E-state index contributed by atoms with van der Waals surface area (Å²) in [7, 11) is 0. The molecule has 2 atom stereocenters. The Morgan fingerprint density at radius 3 is 2.46 bits per heavy atom. The van der Waals surface area contributed by atoms with Gasteiger partial charge in [-0.15, -0.1) is 0 Å². The molecule has 4 nitrogen and oxygen atoms in total. The number of nitrogens with one attached hydrogen (secondary N) is 1. The van der Waals surface area contributed by atoms with Gasteiger partial charge in [-0.1, -0.05) is 56.8 Å². The second-order valence-corrected chi connectivity index (χ2v) is 7.57.